The monoisotopic (exact) mass is 262 g/mol. The molecule has 1 unspecified atom stereocenters. The first kappa shape index (κ1) is 13.9. The molecule has 1 atom stereocenters. The van der Waals surface area contributed by atoms with Crippen molar-refractivity contribution in [1.82, 2.24) is 20.2 Å². The van der Waals surface area contributed by atoms with Gasteiger partial charge in [0.25, 0.3) is 0 Å². The van der Waals surface area contributed by atoms with E-state index in [2.05, 4.69) is 22.2 Å². The Morgan fingerprint density at radius 2 is 2.00 bits per heavy atom. The zero-order valence-electron chi connectivity index (χ0n) is 11.9. The number of nitrogens with zero attached hydrogens (tertiary/aromatic N) is 3. The van der Waals surface area contributed by atoms with Crippen molar-refractivity contribution in [3.8, 4) is 0 Å². The molecule has 5 nitrogen and oxygen atoms in total. The summed E-state index contributed by atoms with van der Waals surface area (Å²) in [6.45, 7) is 7.44. The lowest BCUT2D eigenvalue weighted by atomic mass is 10.0. The van der Waals surface area contributed by atoms with Crippen LogP contribution in [0.15, 0.2) is 12.4 Å². The van der Waals surface area contributed by atoms with Crippen LogP contribution in [-0.4, -0.2) is 39.9 Å². The highest BCUT2D eigenvalue weighted by Crippen LogP contribution is 2.17. The molecule has 0 radical (unpaired) electrons. The molecule has 5 heteroatoms. The molecule has 1 aliphatic rings. The number of nitrogens with one attached hydrogen (secondary N) is 1. The van der Waals surface area contributed by atoms with Crippen LogP contribution >= 0.6 is 0 Å². The van der Waals surface area contributed by atoms with Crippen LogP contribution in [0.1, 0.15) is 44.1 Å². The minimum atomic E-state index is 0.177. The third-order valence-electron chi connectivity index (χ3n) is 3.76. The highest BCUT2D eigenvalue weighted by Gasteiger charge is 2.22. The van der Waals surface area contributed by atoms with Crippen molar-refractivity contribution in [3.63, 3.8) is 0 Å². The van der Waals surface area contributed by atoms with Gasteiger partial charge < -0.3 is 10.2 Å². The normalized spacial score (nSPS) is 18.4. The van der Waals surface area contributed by atoms with E-state index in [0.29, 0.717) is 6.04 Å². The Labute approximate surface area is 114 Å². The minimum absolute atomic E-state index is 0.177. The van der Waals surface area contributed by atoms with Gasteiger partial charge in [0.15, 0.2) is 0 Å². The van der Waals surface area contributed by atoms with Crippen LogP contribution in [0.2, 0.25) is 0 Å². The number of carbonyl (C=O) groups is 1. The summed E-state index contributed by atoms with van der Waals surface area (Å²) in [5.41, 5.74) is 1.99. The number of aromatic nitrogens is 2. The maximum Gasteiger partial charge on any atom is 0.219 e. The Hall–Kier alpha value is -1.49. The SMILES string of the molecule is CC(=O)N1CCC(NC(C)c2nccnc2C)CC1. The molecule has 1 fully saturated rings. The van der Waals surface area contributed by atoms with Crippen molar-refractivity contribution in [2.75, 3.05) is 13.1 Å². The molecule has 1 amide bonds. The van der Waals surface area contributed by atoms with Crippen molar-refractivity contribution < 1.29 is 4.79 Å². The fourth-order valence-electron chi connectivity index (χ4n) is 2.64. The molecule has 1 N–H and O–H groups in total. The average molecular weight is 262 g/mol. The van der Waals surface area contributed by atoms with E-state index >= 15 is 0 Å². The van der Waals surface area contributed by atoms with Gasteiger partial charge in [-0.2, -0.15) is 0 Å². The van der Waals surface area contributed by atoms with Gasteiger partial charge in [-0.1, -0.05) is 0 Å². The van der Waals surface area contributed by atoms with Crippen molar-refractivity contribution in [2.24, 2.45) is 0 Å². The van der Waals surface area contributed by atoms with Gasteiger partial charge in [0, 0.05) is 44.5 Å². The van der Waals surface area contributed by atoms with E-state index in [1.165, 1.54) is 0 Å². The highest BCUT2D eigenvalue weighted by atomic mass is 16.2. The molecule has 104 valence electrons. The van der Waals surface area contributed by atoms with Gasteiger partial charge in [0.2, 0.25) is 5.91 Å². The maximum absolute atomic E-state index is 11.3. The number of amides is 1. The quantitative estimate of drug-likeness (QED) is 0.895. The summed E-state index contributed by atoms with van der Waals surface area (Å²) in [5.74, 6) is 0.177. The fourth-order valence-corrected chi connectivity index (χ4v) is 2.64. The Bertz CT molecular complexity index is 441. The Morgan fingerprint density at radius 3 is 2.58 bits per heavy atom. The zero-order chi connectivity index (χ0) is 13.8. The molecule has 0 spiro atoms. The maximum atomic E-state index is 11.3. The third kappa shape index (κ3) is 3.50. The second kappa shape index (κ2) is 6.10. The van der Waals surface area contributed by atoms with Crippen molar-refractivity contribution in [3.05, 3.63) is 23.8 Å². The van der Waals surface area contributed by atoms with Crippen LogP contribution < -0.4 is 5.32 Å². The molecule has 0 bridgehead atoms. The van der Waals surface area contributed by atoms with Crippen LogP contribution in [0.3, 0.4) is 0 Å². The molecular formula is C14H22N4O. The standard InChI is InChI=1S/C14H22N4O/c1-10-14(16-7-6-15-10)11(2)17-13-4-8-18(9-5-13)12(3)19/h6-7,11,13,17H,4-5,8-9H2,1-3H3. The van der Waals surface area contributed by atoms with Crippen LogP contribution in [0.4, 0.5) is 0 Å². The predicted molar refractivity (Wildman–Crippen MR) is 73.6 cm³/mol. The molecular weight excluding hydrogens is 240 g/mol. The Kier molecular flexibility index (Phi) is 4.47. The van der Waals surface area contributed by atoms with E-state index in [1.54, 1.807) is 19.3 Å². The number of piperidine rings is 1. The van der Waals surface area contributed by atoms with Gasteiger partial charge in [-0.05, 0) is 26.7 Å². The molecule has 1 saturated heterocycles. The van der Waals surface area contributed by atoms with E-state index in [9.17, 15) is 4.79 Å². The summed E-state index contributed by atoms with van der Waals surface area (Å²) in [6.07, 6.45) is 5.46. The van der Waals surface area contributed by atoms with E-state index < -0.39 is 0 Å². The summed E-state index contributed by atoms with van der Waals surface area (Å²) in [7, 11) is 0. The second-order valence-corrected chi connectivity index (χ2v) is 5.20. The van der Waals surface area contributed by atoms with Gasteiger partial charge in [-0.25, -0.2) is 0 Å². The van der Waals surface area contributed by atoms with Crippen molar-refractivity contribution >= 4 is 5.91 Å². The topological polar surface area (TPSA) is 58.1 Å². The van der Waals surface area contributed by atoms with Gasteiger partial charge >= 0.3 is 0 Å². The second-order valence-electron chi connectivity index (χ2n) is 5.20. The lowest BCUT2D eigenvalue weighted by Gasteiger charge is -2.33. The number of likely N-dealkylation sites (tertiary alicyclic amines) is 1. The van der Waals surface area contributed by atoms with Crippen LogP contribution in [-0.2, 0) is 4.79 Å². The molecule has 2 heterocycles. The molecule has 0 aromatic carbocycles. The van der Waals surface area contributed by atoms with Crippen LogP contribution in [0, 0.1) is 6.92 Å². The summed E-state index contributed by atoms with van der Waals surface area (Å²) < 4.78 is 0. The fraction of sp³-hybridized carbons (Fsp3) is 0.643. The molecule has 0 saturated carbocycles. The number of aryl methyl sites for hydroxylation is 1. The summed E-state index contributed by atoms with van der Waals surface area (Å²) in [4.78, 5) is 21.9. The average Bonchev–Trinajstić information content (AvgIpc) is 2.39. The molecule has 1 aliphatic heterocycles. The zero-order valence-corrected chi connectivity index (χ0v) is 11.9. The molecule has 1 aromatic heterocycles. The largest absolute Gasteiger partial charge is 0.343 e. The van der Waals surface area contributed by atoms with Crippen LogP contribution in [0.5, 0.6) is 0 Å². The predicted octanol–water partition coefficient (Wildman–Crippen LogP) is 1.45. The molecule has 1 aromatic rings. The third-order valence-corrected chi connectivity index (χ3v) is 3.76. The number of carbonyl (C=O) groups excluding carboxylic acids is 1. The van der Waals surface area contributed by atoms with Gasteiger partial charge in [0.05, 0.1) is 11.4 Å². The lowest BCUT2D eigenvalue weighted by molar-refractivity contribution is -0.129. The Balaban J connectivity index is 1.89. The van der Waals surface area contributed by atoms with E-state index in [-0.39, 0.29) is 11.9 Å². The summed E-state index contributed by atoms with van der Waals surface area (Å²) >= 11 is 0. The minimum Gasteiger partial charge on any atom is -0.343 e. The number of rotatable bonds is 3. The lowest BCUT2D eigenvalue weighted by Crippen LogP contribution is -2.45. The molecule has 2 rings (SSSR count). The first-order chi connectivity index (χ1) is 9.08. The van der Waals surface area contributed by atoms with Crippen molar-refractivity contribution in [2.45, 2.75) is 45.7 Å². The number of hydrogen-bond acceptors (Lipinski definition) is 4. The first-order valence-electron chi connectivity index (χ1n) is 6.87. The van der Waals surface area contributed by atoms with Gasteiger partial charge in [-0.3, -0.25) is 14.8 Å². The highest BCUT2D eigenvalue weighted by molar-refractivity contribution is 5.73. The molecule has 19 heavy (non-hydrogen) atoms. The smallest absolute Gasteiger partial charge is 0.219 e. The summed E-state index contributed by atoms with van der Waals surface area (Å²) in [5, 5.41) is 3.59. The Morgan fingerprint density at radius 1 is 1.37 bits per heavy atom. The first-order valence-corrected chi connectivity index (χ1v) is 6.87. The van der Waals surface area contributed by atoms with Gasteiger partial charge in [-0.15, -0.1) is 0 Å². The number of hydrogen-bond donors (Lipinski definition) is 1. The van der Waals surface area contributed by atoms with E-state index in [4.69, 9.17) is 0 Å². The van der Waals surface area contributed by atoms with Crippen LogP contribution in [0.25, 0.3) is 0 Å². The van der Waals surface area contributed by atoms with E-state index in [0.717, 1.165) is 37.3 Å². The van der Waals surface area contributed by atoms with Crippen molar-refractivity contribution in [1.29, 1.82) is 0 Å². The summed E-state index contributed by atoms with van der Waals surface area (Å²) in [6, 6.07) is 0.648. The molecule has 0 aliphatic carbocycles. The van der Waals surface area contributed by atoms with E-state index in [1.807, 2.05) is 11.8 Å². The van der Waals surface area contributed by atoms with Gasteiger partial charge in [0.1, 0.15) is 0 Å².